The molecule has 146 valence electrons. The predicted octanol–water partition coefficient (Wildman–Crippen LogP) is 5.51. The van der Waals surface area contributed by atoms with E-state index in [0.29, 0.717) is 23.0 Å². The Hall–Kier alpha value is -3.22. The molecule has 0 aromatic heterocycles. The monoisotopic (exact) mass is 422 g/mol. The van der Waals surface area contributed by atoms with Crippen molar-refractivity contribution in [2.75, 3.05) is 0 Å². The molecule has 0 atom stereocenters. The van der Waals surface area contributed by atoms with Crippen molar-refractivity contribution in [2.45, 2.75) is 0 Å². The van der Waals surface area contributed by atoms with Gasteiger partial charge in [0.05, 0.1) is 11.1 Å². The topological polar surface area (TPSA) is 93.1 Å². The van der Waals surface area contributed by atoms with E-state index in [-0.39, 0.29) is 35.9 Å². The number of hydrogen-bond acceptors (Lipinski definition) is 4. The molecule has 8 heteroatoms. The van der Waals surface area contributed by atoms with Gasteiger partial charge in [-0.3, -0.25) is 0 Å². The standard InChI is InChI=1S/C20H14O6.2ClH/c21-19(22)13-4-8-15(9-5-13)25-17-2-1-3-18(12-17)26-16-10-6-14(7-11-16)20(23)24;;/h1-12H,(H,21,22)(H,23,24);2*1H. The van der Waals surface area contributed by atoms with Crippen LogP contribution in [0.4, 0.5) is 0 Å². The molecule has 0 heterocycles. The van der Waals surface area contributed by atoms with Crippen LogP contribution in [0.1, 0.15) is 20.7 Å². The summed E-state index contributed by atoms with van der Waals surface area (Å²) in [5.41, 5.74) is 0.360. The number of hydrogen-bond donors (Lipinski definition) is 2. The van der Waals surface area contributed by atoms with Crippen LogP contribution in [-0.4, -0.2) is 22.2 Å². The molecule has 2 N–H and O–H groups in total. The Bertz CT molecular complexity index is 865. The van der Waals surface area contributed by atoms with Crippen molar-refractivity contribution >= 4 is 36.8 Å². The zero-order valence-electron chi connectivity index (χ0n) is 14.3. The van der Waals surface area contributed by atoms with Crippen molar-refractivity contribution in [2.24, 2.45) is 0 Å². The molecule has 0 aliphatic rings. The summed E-state index contributed by atoms with van der Waals surface area (Å²) in [6.07, 6.45) is 0. The lowest BCUT2D eigenvalue weighted by molar-refractivity contribution is 0.0686. The highest BCUT2D eigenvalue weighted by molar-refractivity contribution is 5.88. The van der Waals surface area contributed by atoms with Gasteiger partial charge in [-0.1, -0.05) is 6.07 Å². The summed E-state index contributed by atoms with van der Waals surface area (Å²) in [6, 6.07) is 19.0. The van der Waals surface area contributed by atoms with Crippen LogP contribution < -0.4 is 9.47 Å². The molecule has 0 saturated heterocycles. The minimum Gasteiger partial charge on any atom is -0.478 e. The van der Waals surface area contributed by atoms with Gasteiger partial charge in [0.25, 0.3) is 0 Å². The van der Waals surface area contributed by atoms with Crippen molar-refractivity contribution in [3.8, 4) is 23.0 Å². The van der Waals surface area contributed by atoms with Gasteiger partial charge in [-0.15, -0.1) is 24.8 Å². The van der Waals surface area contributed by atoms with E-state index in [1.807, 2.05) is 0 Å². The summed E-state index contributed by atoms with van der Waals surface area (Å²) in [6.45, 7) is 0. The average Bonchev–Trinajstić information content (AvgIpc) is 2.63. The summed E-state index contributed by atoms with van der Waals surface area (Å²) in [4.78, 5) is 21.7. The van der Waals surface area contributed by atoms with E-state index in [0.717, 1.165) is 0 Å². The first-order valence-corrected chi connectivity index (χ1v) is 7.64. The lowest BCUT2D eigenvalue weighted by Gasteiger charge is -2.09. The summed E-state index contributed by atoms with van der Waals surface area (Å²) >= 11 is 0. The number of aromatic carboxylic acids is 2. The fourth-order valence-electron chi connectivity index (χ4n) is 2.20. The molecule has 0 aliphatic carbocycles. The Kier molecular flexibility index (Phi) is 8.31. The van der Waals surface area contributed by atoms with Gasteiger partial charge in [0, 0.05) is 6.07 Å². The molecule has 0 saturated carbocycles. The molecule has 0 bridgehead atoms. The highest BCUT2D eigenvalue weighted by atomic mass is 35.5. The van der Waals surface area contributed by atoms with Crippen molar-refractivity contribution < 1.29 is 29.3 Å². The van der Waals surface area contributed by atoms with Crippen molar-refractivity contribution in [1.82, 2.24) is 0 Å². The zero-order chi connectivity index (χ0) is 18.5. The molecular weight excluding hydrogens is 407 g/mol. The number of carboxylic acid groups (broad SMARTS) is 2. The molecule has 28 heavy (non-hydrogen) atoms. The molecule has 0 fully saturated rings. The molecule has 0 amide bonds. The number of benzene rings is 3. The van der Waals surface area contributed by atoms with Crippen LogP contribution >= 0.6 is 24.8 Å². The molecule has 0 spiro atoms. The fraction of sp³-hybridized carbons (Fsp3) is 0. The average molecular weight is 423 g/mol. The quantitative estimate of drug-likeness (QED) is 0.543. The van der Waals surface area contributed by atoms with Gasteiger partial charge in [-0.25, -0.2) is 9.59 Å². The normalized spacial score (nSPS) is 9.43. The van der Waals surface area contributed by atoms with Gasteiger partial charge >= 0.3 is 11.9 Å². The highest BCUT2D eigenvalue weighted by Crippen LogP contribution is 2.28. The van der Waals surface area contributed by atoms with Crippen LogP contribution in [0.25, 0.3) is 0 Å². The van der Waals surface area contributed by atoms with Crippen LogP contribution in [0.2, 0.25) is 0 Å². The van der Waals surface area contributed by atoms with Crippen molar-refractivity contribution in [3.05, 3.63) is 83.9 Å². The fourth-order valence-corrected chi connectivity index (χ4v) is 2.20. The molecule has 6 nitrogen and oxygen atoms in total. The third kappa shape index (κ3) is 5.90. The Balaban J connectivity index is 0.00000196. The number of rotatable bonds is 6. The second kappa shape index (κ2) is 10.2. The zero-order valence-corrected chi connectivity index (χ0v) is 15.9. The SMILES string of the molecule is Cl.Cl.O=C(O)c1ccc(Oc2cccc(Oc3ccc(C(=O)O)cc3)c2)cc1. The van der Waals surface area contributed by atoms with Crippen LogP contribution in [0.5, 0.6) is 23.0 Å². The van der Waals surface area contributed by atoms with E-state index in [4.69, 9.17) is 19.7 Å². The van der Waals surface area contributed by atoms with Crippen LogP contribution in [0.15, 0.2) is 72.8 Å². The molecule has 0 unspecified atom stereocenters. The second-order valence-electron chi connectivity index (χ2n) is 5.34. The van der Waals surface area contributed by atoms with Gasteiger partial charge in [-0.05, 0) is 60.7 Å². The first-order valence-electron chi connectivity index (χ1n) is 7.64. The molecule has 0 aliphatic heterocycles. The maximum atomic E-state index is 10.9. The Labute approximate surface area is 173 Å². The highest BCUT2D eigenvalue weighted by Gasteiger charge is 2.06. The third-order valence-electron chi connectivity index (χ3n) is 3.48. The molecule has 0 radical (unpaired) electrons. The van der Waals surface area contributed by atoms with Crippen molar-refractivity contribution in [3.63, 3.8) is 0 Å². The summed E-state index contributed by atoms with van der Waals surface area (Å²) in [7, 11) is 0. The summed E-state index contributed by atoms with van der Waals surface area (Å²) < 4.78 is 11.4. The van der Waals surface area contributed by atoms with E-state index in [9.17, 15) is 9.59 Å². The number of ether oxygens (including phenoxy) is 2. The van der Waals surface area contributed by atoms with Crippen LogP contribution in [0, 0.1) is 0 Å². The second-order valence-corrected chi connectivity index (χ2v) is 5.34. The predicted molar refractivity (Wildman–Crippen MR) is 108 cm³/mol. The van der Waals surface area contributed by atoms with Gasteiger partial charge in [0.15, 0.2) is 0 Å². The molecular formula is C20H16Cl2O6. The number of carboxylic acids is 2. The Morgan fingerprint density at radius 2 is 0.929 bits per heavy atom. The Morgan fingerprint density at radius 3 is 1.25 bits per heavy atom. The summed E-state index contributed by atoms with van der Waals surface area (Å²) in [5, 5.41) is 17.8. The van der Waals surface area contributed by atoms with Crippen LogP contribution in [0.3, 0.4) is 0 Å². The Morgan fingerprint density at radius 1 is 0.571 bits per heavy atom. The lowest BCUT2D eigenvalue weighted by Crippen LogP contribution is -1.95. The maximum Gasteiger partial charge on any atom is 0.335 e. The lowest BCUT2D eigenvalue weighted by atomic mass is 10.2. The van der Waals surface area contributed by atoms with E-state index in [1.165, 1.54) is 24.3 Å². The number of carbonyl (C=O) groups is 2. The van der Waals surface area contributed by atoms with E-state index in [2.05, 4.69) is 0 Å². The molecule has 3 rings (SSSR count). The summed E-state index contributed by atoms with van der Waals surface area (Å²) in [5.74, 6) is 0.0399. The number of halogens is 2. The smallest absolute Gasteiger partial charge is 0.335 e. The van der Waals surface area contributed by atoms with Gasteiger partial charge in [0.2, 0.25) is 0 Å². The third-order valence-corrected chi connectivity index (χ3v) is 3.48. The first kappa shape index (κ1) is 22.8. The van der Waals surface area contributed by atoms with Gasteiger partial charge < -0.3 is 19.7 Å². The van der Waals surface area contributed by atoms with E-state index < -0.39 is 11.9 Å². The van der Waals surface area contributed by atoms with E-state index in [1.54, 1.807) is 48.5 Å². The van der Waals surface area contributed by atoms with E-state index >= 15 is 0 Å². The minimum atomic E-state index is -0.999. The minimum absolute atomic E-state index is 0. The first-order chi connectivity index (χ1) is 12.5. The van der Waals surface area contributed by atoms with Crippen molar-refractivity contribution in [1.29, 1.82) is 0 Å². The molecule has 3 aromatic carbocycles. The molecule has 3 aromatic rings. The van der Waals surface area contributed by atoms with Crippen LogP contribution in [-0.2, 0) is 0 Å². The van der Waals surface area contributed by atoms with Gasteiger partial charge in [-0.2, -0.15) is 0 Å². The van der Waals surface area contributed by atoms with Gasteiger partial charge in [0.1, 0.15) is 23.0 Å². The largest absolute Gasteiger partial charge is 0.478 e. The maximum absolute atomic E-state index is 10.9.